The van der Waals surface area contributed by atoms with E-state index in [1.54, 1.807) is 12.4 Å². The predicted molar refractivity (Wildman–Crippen MR) is 108 cm³/mol. The Labute approximate surface area is 169 Å². The van der Waals surface area contributed by atoms with Crippen molar-refractivity contribution in [3.8, 4) is 11.5 Å². The molecule has 6 heteroatoms. The van der Waals surface area contributed by atoms with Gasteiger partial charge in [0, 0.05) is 30.0 Å². The molecule has 0 spiro atoms. The Morgan fingerprint density at radius 3 is 2.89 bits per heavy atom. The smallest absolute Gasteiger partial charge is 0.276 e. The molecule has 0 aliphatic carbocycles. The number of halogens is 1. The molecule has 0 N–H and O–H groups in total. The van der Waals surface area contributed by atoms with Gasteiger partial charge in [0.2, 0.25) is 5.89 Å². The number of carbonyl (C=O) groups is 1. The van der Waals surface area contributed by atoms with Crippen LogP contribution in [0.15, 0.2) is 59.5 Å². The van der Waals surface area contributed by atoms with Crippen LogP contribution in [-0.2, 0) is 6.42 Å². The molecule has 0 bridgehead atoms. The minimum Gasteiger partial charge on any atom is -0.444 e. The van der Waals surface area contributed by atoms with Crippen LogP contribution in [-0.4, -0.2) is 33.4 Å². The van der Waals surface area contributed by atoms with Crippen LogP contribution >= 0.6 is 11.6 Å². The number of pyridine rings is 1. The van der Waals surface area contributed by atoms with E-state index in [2.05, 4.69) is 9.97 Å². The van der Waals surface area contributed by atoms with Crippen molar-refractivity contribution in [3.63, 3.8) is 0 Å². The molecule has 0 saturated carbocycles. The van der Waals surface area contributed by atoms with Gasteiger partial charge in [-0.25, -0.2) is 4.98 Å². The molecule has 1 aromatic carbocycles. The van der Waals surface area contributed by atoms with Crippen molar-refractivity contribution in [1.29, 1.82) is 0 Å². The number of amides is 1. The molecule has 1 amide bonds. The van der Waals surface area contributed by atoms with Gasteiger partial charge in [0.05, 0.1) is 5.56 Å². The molecule has 3 aromatic rings. The van der Waals surface area contributed by atoms with Crippen molar-refractivity contribution in [1.82, 2.24) is 14.9 Å². The maximum atomic E-state index is 13.2. The molecule has 1 saturated heterocycles. The molecule has 3 heterocycles. The lowest BCUT2D eigenvalue weighted by Gasteiger charge is -2.29. The molecule has 144 valence electrons. The van der Waals surface area contributed by atoms with E-state index in [1.165, 1.54) is 6.26 Å². The molecule has 1 aliphatic heterocycles. The molecule has 2 aromatic heterocycles. The molecule has 1 aliphatic rings. The molecule has 4 rings (SSSR count). The second-order valence-electron chi connectivity index (χ2n) is 7.08. The first-order valence-corrected chi connectivity index (χ1v) is 10.0. The normalized spacial score (nSPS) is 17.3. The van der Waals surface area contributed by atoms with Crippen LogP contribution in [0.25, 0.3) is 11.5 Å². The molecule has 1 fully saturated rings. The molecule has 0 unspecified atom stereocenters. The summed E-state index contributed by atoms with van der Waals surface area (Å²) in [7, 11) is 0. The lowest BCUT2D eigenvalue weighted by molar-refractivity contribution is 0.0676. The highest BCUT2D eigenvalue weighted by Crippen LogP contribution is 2.26. The van der Waals surface area contributed by atoms with Gasteiger partial charge in [0.1, 0.15) is 6.26 Å². The van der Waals surface area contributed by atoms with E-state index in [0.717, 1.165) is 54.8 Å². The van der Waals surface area contributed by atoms with E-state index < -0.39 is 0 Å². The van der Waals surface area contributed by atoms with Crippen LogP contribution in [0.5, 0.6) is 0 Å². The lowest BCUT2D eigenvalue weighted by Crippen LogP contribution is -2.41. The lowest BCUT2D eigenvalue weighted by atomic mass is 10.0. The number of nitrogens with zero attached hydrogens (tertiary/aromatic N) is 3. The Morgan fingerprint density at radius 2 is 2.07 bits per heavy atom. The van der Waals surface area contributed by atoms with Gasteiger partial charge in [0.25, 0.3) is 5.91 Å². The number of rotatable bonds is 4. The Bertz CT molecular complexity index is 942. The van der Waals surface area contributed by atoms with Crippen molar-refractivity contribution in [2.24, 2.45) is 0 Å². The third-order valence-corrected chi connectivity index (χ3v) is 5.55. The summed E-state index contributed by atoms with van der Waals surface area (Å²) in [4.78, 5) is 23.7. The van der Waals surface area contributed by atoms with Crippen molar-refractivity contribution in [2.45, 2.75) is 38.1 Å². The number of benzene rings is 1. The Balaban J connectivity index is 1.57. The number of hydrogen-bond acceptors (Lipinski definition) is 4. The summed E-state index contributed by atoms with van der Waals surface area (Å²) < 4.78 is 5.55. The van der Waals surface area contributed by atoms with Crippen LogP contribution < -0.4 is 0 Å². The fourth-order valence-corrected chi connectivity index (χ4v) is 3.93. The topological polar surface area (TPSA) is 59.2 Å². The van der Waals surface area contributed by atoms with Gasteiger partial charge in [-0.1, -0.05) is 42.6 Å². The second-order valence-corrected chi connectivity index (χ2v) is 7.48. The summed E-state index contributed by atoms with van der Waals surface area (Å²) in [6, 6.07) is 11.6. The fourth-order valence-electron chi connectivity index (χ4n) is 3.72. The van der Waals surface area contributed by atoms with Gasteiger partial charge < -0.3 is 9.32 Å². The van der Waals surface area contributed by atoms with E-state index in [9.17, 15) is 4.79 Å². The standard InChI is InChI=1S/C22H22ClN3O2/c23-19-10-4-3-7-16(19)13-18-9-2-1-5-12-26(18)22(27)20-15-28-21(25-20)17-8-6-11-24-14-17/h3-4,6-8,10-11,14-15,18H,1-2,5,9,12-13H2/t18-/m1/s1. The van der Waals surface area contributed by atoms with E-state index in [0.29, 0.717) is 11.6 Å². The summed E-state index contributed by atoms with van der Waals surface area (Å²) in [5.74, 6) is 0.326. The Kier molecular flexibility index (Phi) is 5.72. The summed E-state index contributed by atoms with van der Waals surface area (Å²) in [5, 5.41) is 0.749. The monoisotopic (exact) mass is 395 g/mol. The number of oxazole rings is 1. The quantitative estimate of drug-likeness (QED) is 0.622. The van der Waals surface area contributed by atoms with Gasteiger partial charge in [-0.2, -0.15) is 0 Å². The average Bonchev–Trinajstić information content (AvgIpc) is 3.11. The highest BCUT2D eigenvalue weighted by atomic mass is 35.5. The second kappa shape index (κ2) is 8.57. The average molecular weight is 396 g/mol. The van der Waals surface area contributed by atoms with E-state index >= 15 is 0 Å². The van der Waals surface area contributed by atoms with Gasteiger partial charge in [-0.15, -0.1) is 0 Å². The SMILES string of the molecule is O=C(c1coc(-c2cccnc2)n1)N1CCCCC[C@@H]1Cc1ccccc1Cl. The van der Waals surface area contributed by atoms with Crippen molar-refractivity contribution < 1.29 is 9.21 Å². The Morgan fingerprint density at radius 1 is 1.18 bits per heavy atom. The van der Waals surface area contributed by atoms with Crippen LogP contribution in [0.2, 0.25) is 5.02 Å². The number of aromatic nitrogens is 2. The molecule has 5 nitrogen and oxygen atoms in total. The van der Waals surface area contributed by atoms with Crippen LogP contribution in [0.3, 0.4) is 0 Å². The first-order valence-electron chi connectivity index (χ1n) is 9.62. The first kappa shape index (κ1) is 18.7. The van der Waals surface area contributed by atoms with Crippen LogP contribution in [0.1, 0.15) is 41.7 Å². The minimum absolute atomic E-state index is 0.0853. The third-order valence-electron chi connectivity index (χ3n) is 5.18. The third kappa shape index (κ3) is 4.09. The molecular weight excluding hydrogens is 374 g/mol. The van der Waals surface area contributed by atoms with E-state index in [-0.39, 0.29) is 11.9 Å². The largest absolute Gasteiger partial charge is 0.444 e. The minimum atomic E-state index is -0.0853. The fraction of sp³-hybridized carbons (Fsp3) is 0.318. The molecule has 28 heavy (non-hydrogen) atoms. The zero-order valence-electron chi connectivity index (χ0n) is 15.6. The number of likely N-dealkylation sites (tertiary alicyclic amines) is 1. The van der Waals surface area contributed by atoms with Gasteiger partial charge in [0.15, 0.2) is 5.69 Å². The van der Waals surface area contributed by atoms with Crippen molar-refractivity contribution in [3.05, 3.63) is 71.3 Å². The molecule has 1 atom stereocenters. The van der Waals surface area contributed by atoms with Crippen molar-refractivity contribution in [2.75, 3.05) is 6.54 Å². The van der Waals surface area contributed by atoms with E-state index in [4.69, 9.17) is 16.0 Å². The zero-order chi connectivity index (χ0) is 19.3. The first-order chi connectivity index (χ1) is 13.7. The number of hydrogen-bond donors (Lipinski definition) is 0. The predicted octanol–water partition coefficient (Wildman–Crippen LogP) is 5.02. The summed E-state index contributed by atoms with van der Waals surface area (Å²) in [6.07, 6.45) is 9.76. The van der Waals surface area contributed by atoms with E-state index in [1.807, 2.05) is 41.3 Å². The van der Waals surface area contributed by atoms with Gasteiger partial charge >= 0.3 is 0 Å². The van der Waals surface area contributed by atoms with Crippen LogP contribution in [0, 0.1) is 0 Å². The maximum absolute atomic E-state index is 13.2. The number of carbonyl (C=O) groups excluding carboxylic acids is 1. The van der Waals surface area contributed by atoms with Crippen LogP contribution in [0.4, 0.5) is 0 Å². The highest BCUT2D eigenvalue weighted by Gasteiger charge is 2.29. The molecule has 0 radical (unpaired) electrons. The molecular formula is C22H22ClN3O2. The Hall–Kier alpha value is -2.66. The van der Waals surface area contributed by atoms with Crippen molar-refractivity contribution >= 4 is 17.5 Å². The summed E-state index contributed by atoms with van der Waals surface area (Å²) in [6.45, 7) is 0.725. The summed E-state index contributed by atoms with van der Waals surface area (Å²) >= 11 is 6.36. The van der Waals surface area contributed by atoms with Gasteiger partial charge in [-0.3, -0.25) is 9.78 Å². The highest BCUT2D eigenvalue weighted by molar-refractivity contribution is 6.31. The van der Waals surface area contributed by atoms with Gasteiger partial charge in [-0.05, 0) is 43.0 Å². The summed E-state index contributed by atoms with van der Waals surface area (Å²) in [5.41, 5.74) is 2.17. The zero-order valence-corrected chi connectivity index (χ0v) is 16.3. The maximum Gasteiger partial charge on any atom is 0.276 e.